The van der Waals surface area contributed by atoms with Gasteiger partial charge in [-0.2, -0.15) is 4.98 Å². The second-order valence-electron chi connectivity index (χ2n) is 8.92. The van der Waals surface area contributed by atoms with Gasteiger partial charge in [0.25, 0.3) is 0 Å². The lowest BCUT2D eigenvalue weighted by Gasteiger charge is -2.17. The minimum atomic E-state index is -1.34. The minimum Gasteiger partial charge on any atom is -0.493 e. The molecular weight excluding hydrogens is 429 g/mol. The van der Waals surface area contributed by atoms with Crippen LogP contribution < -0.4 is 9.64 Å². The lowest BCUT2D eigenvalue weighted by Crippen LogP contribution is -2.25. The zero-order valence-electron chi connectivity index (χ0n) is 18.3. The van der Waals surface area contributed by atoms with Gasteiger partial charge in [-0.15, -0.1) is 0 Å². The number of fused-ring (bicyclic) bond motifs is 1. The van der Waals surface area contributed by atoms with Crippen LogP contribution in [-0.4, -0.2) is 40.3 Å². The molecule has 0 amide bonds. The van der Waals surface area contributed by atoms with Crippen LogP contribution in [0, 0.1) is 23.6 Å². The summed E-state index contributed by atoms with van der Waals surface area (Å²) >= 11 is 0. The predicted molar refractivity (Wildman–Crippen MR) is 121 cm³/mol. The van der Waals surface area contributed by atoms with Crippen molar-refractivity contribution in [1.29, 1.82) is 0 Å². The number of piperidine rings is 1. The van der Waals surface area contributed by atoms with Gasteiger partial charge in [-0.3, -0.25) is 4.21 Å². The maximum absolute atomic E-state index is 14.1. The Bertz CT molecular complexity index is 1140. The number of rotatable bonds is 7. The first kappa shape index (κ1) is 21.1. The molecule has 168 valence electrons. The van der Waals surface area contributed by atoms with Crippen LogP contribution in [0.25, 0.3) is 11.1 Å². The van der Waals surface area contributed by atoms with Gasteiger partial charge >= 0.3 is 6.01 Å². The van der Waals surface area contributed by atoms with Crippen molar-refractivity contribution in [3.05, 3.63) is 54.1 Å². The minimum absolute atomic E-state index is 0.224. The molecule has 0 N–H and O–H groups in total. The maximum atomic E-state index is 14.1. The molecule has 5 rings (SSSR count). The van der Waals surface area contributed by atoms with Crippen molar-refractivity contribution in [2.45, 2.75) is 24.7 Å². The Kier molecular flexibility index (Phi) is 5.49. The fourth-order valence-corrected chi connectivity index (χ4v) is 5.08. The molecule has 0 spiro atoms. The number of nitrogens with zero attached hydrogens (tertiary/aromatic N) is 3. The largest absolute Gasteiger partial charge is 0.493 e. The van der Waals surface area contributed by atoms with E-state index < -0.39 is 16.6 Å². The van der Waals surface area contributed by atoms with Crippen molar-refractivity contribution in [2.24, 2.45) is 17.8 Å². The SMILES string of the molecule is CC(C)c1noc(N2CC3C(COc4ccc(-c5ccc(S(C)=O)c(F)c5)cc4)C3C2)n1. The molecule has 8 heteroatoms. The van der Waals surface area contributed by atoms with Gasteiger partial charge in [-0.1, -0.05) is 37.2 Å². The number of hydrogen-bond donors (Lipinski definition) is 0. The molecule has 2 fully saturated rings. The summed E-state index contributed by atoms with van der Waals surface area (Å²) in [5.41, 5.74) is 1.64. The molecule has 3 unspecified atom stereocenters. The molecule has 6 nitrogen and oxygen atoms in total. The fraction of sp³-hybridized carbons (Fsp3) is 0.417. The Morgan fingerprint density at radius 1 is 1.16 bits per heavy atom. The molecule has 1 aliphatic heterocycles. The quantitative estimate of drug-likeness (QED) is 0.523. The van der Waals surface area contributed by atoms with E-state index in [0.29, 0.717) is 30.4 Å². The summed E-state index contributed by atoms with van der Waals surface area (Å²) in [5.74, 6) is 3.14. The van der Waals surface area contributed by atoms with Gasteiger partial charge in [0.1, 0.15) is 11.6 Å². The van der Waals surface area contributed by atoms with Crippen LogP contribution in [0.15, 0.2) is 51.9 Å². The van der Waals surface area contributed by atoms with Crippen LogP contribution in [0.2, 0.25) is 0 Å². The monoisotopic (exact) mass is 455 g/mol. The van der Waals surface area contributed by atoms with Crippen molar-refractivity contribution in [3.63, 3.8) is 0 Å². The number of hydrogen-bond acceptors (Lipinski definition) is 6. The Balaban J connectivity index is 1.14. The number of aromatic nitrogens is 2. The van der Waals surface area contributed by atoms with E-state index in [2.05, 4.69) is 28.9 Å². The van der Waals surface area contributed by atoms with Crippen LogP contribution in [0.5, 0.6) is 5.75 Å². The zero-order chi connectivity index (χ0) is 22.4. The first-order chi connectivity index (χ1) is 15.4. The van der Waals surface area contributed by atoms with Crippen molar-refractivity contribution < 1.29 is 17.9 Å². The summed E-state index contributed by atoms with van der Waals surface area (Å²) in [6, 6.07) is 13.1. The molecule has 32 heavy (non-hydrogen) atoms. The molecule has 0 bridgehead atoms. The topological polar surface area (TPSA) is 68.5 Å². The number of benzene rings is 2. The van der Waals surface area contributed by atoms with Gasteiger partial charge in [-0.25, -0.2) is 4.39 Å². The van der Waals surface area contributed by atoms with Crippen molar-refractivity contribution in [2.75, 3.05) is 30.9 Å². The average Bonchev–Trinajstić information content (AvgIpc) is 3.16. The highest BCUT2D eigenvalue weighted by Crippen LogP contribution is 2.52. The highest BCUT2D eigenvalue weighted by Gasteiger charge is 2.56. The summed E-state index contributed by atoms with van der Waals surface area (Å²) in [5, 5.41) is 4.05. The van der Waals surface area contributed by atoms with Crippen LogP contribution in [0.4, 0.5) is 10.4 Å². The number of ether oxygens (including phenoxy) is 1. The van der Waals surface area contributed by atoms with E-state index in [4.69, 9.17) is 9.26 Å². The van der Waals surface area contributed by atoms with Gasteiger partial charge in [0, 0.05) is 31.2 Å². The normalized spacial score (nSPS) is 22.8. The van der Waals surface area contributed by atoms with E-state index in [1.807, 2.05) is 24.3 Å². The van der Waals surface area contributed by atoms with Gasteiger partial charge in [0.2, 0.25) is 0 Å². The second-order valence-corrected chi connectivity index (χ2v) is 10.3. The maximum Gasteiger partial charge on any atom is 0.324 e. The summed E-state index contributed by atoms with van der Waals surface area (Å²) in [4.78, 5) is 6.90. The standard InChI is InChI=1S/C24H26FN3O3S/c1-14(2)23-26-24(31-27-23)28-11-18-19(12-28)20(18)13-30-17-7-4-15(5-8-17)16-6-9-22(32(3)29)21(25)10-16/h4-10,14,18-20H,11-13H2,1-3H3. The fourth-order valence-electron chi connectivity index (χ4n) is 4.49. The summed E-state index contributed by atoms with van der Waals surface area (Å²) < 4.78 is 37.1. The van der Waals surface area contributed by atoms with E-state index in [-0.39, 0.29) is 10.8 Å². The molecule has 2 aliphatic rings. The van der Waals surface area contributed by atoms with E-state index in [0.717, 1.165) is 35.8 Å². The summed E-state index contributed by atoms with van der Waals surface area (Å²) in [7, 11) is -1.34. The van der Waals surface area contributed by atoms with Crippen molar-refractivity contribution in [1.82, 2.24) is 10.1 Å². The van der Waals surface area contributed by atoms with Crippen molar-refractivity contribution >= 4 is 16.8 Å². The van der Waals surface area contributed by atoms with Gasteiger partial charge in [0.15, 0.2) is 5.82 Å². The molecule has 3 atom stereocenters. The van der Waals surface area contributed by atoms with Crippen LogP contribution in [0.3, 0.4) is 0 Å². The van der Waals surface area contributed by atoms with Crippen LogP contribution in [-0.2, 0) is 10.8 Å². The smallest absolute Gasteiger partial charge is 0.324 e. The Morgan fingerprint density at radius 3 is 2.44 bits per heavy atom. The van der Waals surface area contributed by atoms with Crippen LogP contribution >= 0.6 is 0 Å². The Labute approximate surface area is 189 Å². The third-order valence-electron chi connectivity index (χ3n) is 6.46. The first-order valence-corrected chi connectivity index (χ1v) is 12.4. The molecule has 1 aliphatic carbocycles. The van der Waals surface area contributed by atoms with Crippen LogP contribution in [0.1, 0.15) is 25.6 Å². The lowest BCUT2D eigenvalue weighted by molar-refractivity contribution is 0.282. The molecular formula is C24H26FN3O3S. The molecule has 0 radical (unpaired) electrons. The van der Waals surface area contributed by atoms with Crippen molar-refractivity contribution in [3.8, 4) is 16.9 Å². The molecule has 1 aromatic heterocycles. The number of anilines is 1. The Morgan fingerprint density at radius 2 is 1.84 bits per heavy atom. The number of halogens is 1. The average molecular weight is 456 g/mol. The van der Waals surface area contributed by atoms with E-state index >= 15 is 0 Å². The predicted octanol–water partition coefficient (Wildman–Crippen LogP) is 4.50. The Hall–Kier alpha value is -2.74. The van der Waals surface area contributed by atoms with Gasteiger partial charge in [-0.05, 0) is 47.2 Å². The van der Waals surface area contributed by atoms with E-state index in [1.165, 1.54) is 12.3 Å². The van der Waals surface area contributed by atoms with E-state index in [9.17, 15) is 8.60 Å². The molecule has 2 heterocycles. The first-order valence-electron chi connectivity index (χ1n) is 10.9. The van der Waals surface area contributed by atoms with Gasteiger partial charge < -0.3 is 14.2 Å². The highest BCUT2D eigenvalue weighted by molar-refractivity contribution is 7.84. The third kappa shape index (κ3) is 4.03. The highest BCUT2D eigenvalue weighted by atomic mass is 32.2. The second kappa shape index (κ2) is 8.31. The lowest BCUT2D eigenvalue weighted by atomic mass is 10.1. The van der Waals surface area contributed by atoms with Gasteiger partial charge in [0.05, 0.1) is 22.3 Å². The molecule has 3 aromatic rings. The molecule has 2 aromatic carbocycles. The zero-order valence-corrected chi connectivity index (χ0v) is 19.1. The molecule has 1 saturated carbocycles. The third-order valence-corrected chi connectivity index (χ3v) is 7.41. The van der Waals surface area contributed by atoms with E-state index in [1.54, 1.807) is 12.1 Å². The summed E-state index contributed by atoms with van der Waals surface area (Å²) in [6.07, 6.45) is 1.48. The summed E-state index contributed by atoms with van der Waals surface area (Å²) in [6.45, 7) is 6.66. The molecule has 1 saturated heterocycles.